The Morgan fingerprint density at radius 1 is 1.42 bits per heavy atom. The molecular weight excluding hydrogens is 344 g/mol. The normalized spacial score (nSPS) is 11.0. The molecule has 0 aliphatic heterocycles. The molecule has 0 fully saturated rings. The summed E-state index contributed by atoms with van der Waals surface area (Å²) in [5.74, 6) is 0.509. The molecule has 0 amide bonds. The van der Waals surface area contributed by atoms with Crippen molar-refractivity contribution in [3.8, 4) is 0 Å². The van der Waals surface area contributed by atoms with Gasteiger partial charge in [-0.05, 0) is 33.3 Å². The number of aryl methyl sites for hydroxylation is 1. The van der Waals surface area contributed by atoms with Gasteiger partial charge in [0, 0.05) is 43.8 Å². The Morgan fingerprint density at radius 3 is 2.92 bits per heavy atom. The van der Waals surface area contributed by atoms with Crippen molar-refractivity contribution in [2.75, 3.05) is 31.3 Å². The van der Waals surface area contributed by atoms with E-state index in [0.717, 1.165) is 52.5 Å². The second kappa shape index (κ2) is 9.19. The van der Waals surface area contributed by atoms with Gasteiger partial charge in [-0.3, -0.25) is 4.79 Å². The van der Waals surface area contributed by atoms with Gasteiger partial charge in [0.05, 0.1) is 5.75 Å². The largest absolute Gasteiger partial charge is 0.385 e. The first-order valence-corrected chi connectivity index (χ1v) is 9.76. The lowest BCUT2D eigenvalue weighted by Crippen LogP contribution is -2.08. The topological polar surface area (TPSA) is 69.0 Å². The number of Topliss-reactive ketones (excluding diaryl/α,β-unsaturated/α-hetero) is 1. The number of thioether (sulfide) groups is 1. The molecule has 24 heavy (non-hydrogen) atoms. The zero-order valence-electron chi connectivity index (χ0n) is 14.6. The molecule has 2 rings (SSSR count). The second-order valence-electron chi connectivity index (χ2n) is 5.40. The van der Waals surface area contributed by atoms with Crippen LogP contribution in [0.4, 0.5) is 5.13 Å². The van der Waals surface area contributed by atoms with Crippen LogP contribution in [-0.4, -0.2) is 46.6 Å². The first-order valence-electron chi connectivity index (χ1n) is 7.95. The van der Waals surface area contributed by atoms with E-state index >= 15 is 0 Å². The van der Waals surface area contributed by atoms with E-state index in [2.05, 4.69) is 20.1 Å². The van der Waals surface area contributed by atoms with Crippen LogP contribution >= 0.6 is 23.1 Å². The van der Waals surface area contributed by atoms with E-state index in [1.807, 2.05) is 26.8 Å². The Bertz CT molecular complexity index is 682. The van der Waals surface area contributed by atoms with Gasteiger partial charge in [-0.2, -0.15) is 0 Å². The summed E-state index contributed by atoms with van der Waals surface area (Å²) in [4.78, 5) is 12.5. The van der Waals surface area contributed by atoms with Gasteiger partial charge >= 0.3 is 0 Å². The molecule has 0 bridgehead atoms. The fourth-order valence-electron chi connectivity index (χ4n) is 2.49. The SMILES string of the molecule is CCNc1nnc(SCC(=O)c2cc(C)n(CCCOC)c2C)s1. The summed E-state index contributed by atoms with van der Waals surface area (Å²) >= 11 is 2.92. The molecule has 0 aliphatic rings. The number of carbonyl (C=O) groups excluding carboxylic acids is 1. The van der Waals surface area contributed by atoms with E-state index in [4.69, 9.17) is 4.74 Å². The van der Waals surface area contributed by atoms with E-state index in [1.165, 1.54) is 23.1 Å². The van der Waals surface area contributed by atoms with Crippen LogP contribution in [-0.2, 0) is 11.3 Å². The number of rotatable bonds is 10. The highest BCUT2D eigenvalue weighted by Gasteiger charge is 2.16. The van der Waals surface area contributed by atoms with Crippen LogP contribution < -0.4 is 5.32 Å². The van der Waals surface area contributed by atoms with Crippen molar-refractivity contribution in [2.24, 2.45) is 0 Å². The van der Waals surface area contributed by atoms with Gasteiger partial charge in [0.25, 0.3) is 0 Å². The number of methoxy groups -OCH3 is 1. The van der Waals surface area contributed by atoms with Crippen LogP contribution in [0.3, 0.4) is 0 Å². The van der Waals surface area contributed by atoms with Crippen molar-refractivity contribution in [3.05, 3.63) is 23.0 Å². The van der Waals surface area contributed by atoms with Gasteiger partial charge in [0.15, 0.2) is 10.1 Å². The summed E-state index contributed by atoms with van der Waals surface area (Å²) in [5.41, 5.74) is 2.94. The third-order valence-corrected chi connectivity index (χ3v) is 5.68. The maximum atomic E-state index is 12.5. The Kier molecular flexibility index (Phi) is 7.26. The lowest BCUT2D eigenvalue weighted by Gasteiger charge is -2.09. The predicted molar refractivity (Wildman–Crippen MR) is 99.5 cm³/mol. The van der Waals surface area contributed by atoms with Crippen LogP contribution in [0.1, 0.15) is 35.1 Å². The molecular formula is C16H24N4O2S2. The number of nitrogens with one attached hydrogen (secondary N) is 1. The lowest BCUT2D eigenvalue weighted by atomic mass is 10.2. The summed E-state index contributed by atoms with van der Waals surface area (Å²) in [6.07, 6.45) is 0.938. The molecule has 0 atom stereocenters. The molecule has 0 radical (unpaired) electrons. The average Bonchev–Trinajstić information content (AvgIpc) is 3.12. The first kappa shape index (κ1) is 19.0. The summed E-state index contributed by atoms with van der Waals surface area (Å²) < 4.78 is 8.10. The zero-order valence-corrected chi connectivity index (χ0v) is 16.2. The Balaban J connectivity index is 1.97. The van der Waals surface area contributed by atoms with Gasteiger partial charge in [0.1, 0.15) is 0 Å². The summed E-state index contributed by atoms with van der Waals surface area (Å²) in [7, 11) is 1.70. The minimum atomic E-state index is 0.131. The smallest absolute Gasteiger partial charge is 0.206 e. The van der Waals surface area contributed by atoms with Crippen molar-refractivity contribution in [2.45, 2.75) is 38.1 Å². The van der Waals surface area contributed by atoms with Crippen LogP contribution in [0.5, 0.6) is 0 Å². The molecule has 0 saturated carbocycles. The van der Waals surface area contributed by atoms with Crippen LogP contribution in [0.25, 0.3) is 0 Å². The molecule has 2 heterocycles. The maximum absolute atomic E-state index is 12.5. The summed E-state index contributed by atoms with van der Waals surface area (Å²) in [5, 5.41) is 12.1. The monoisotopic (exact) mass is 368 g/mol. The number of carbonyl (C=O) groups is 1. The Morgan fingerprint density at radius 2 is 2.21 bits per heavy atom. The standard InChI is InChI=1S/C16H24N4O2S2/c1-5-17-15-18-19-16(24-15)23-10-14(21)13-9-11(2)20(12(13)3)7-6-8-22-4/h9H,5-8,10H2,1-4H3,(H,17,18). The fraction of sp³-hybridized carbons (Fsp3) is 0.562. The molecule has 0 unspecified atom stereocenters. The Hall–Kier alpha value is -1.38. The minimum absolute atomic E-state index is 0.131. The van der Waals surface area contributed by atoms with Crippen LogP contribution in [0.2, 0.25) is 0 Å². The maximum Gasteiger partial charge on any atom is 0.206 e. The van der Waals surface area contributed by atoms with Crippen LogP contribution in [0.15, 0.2) is 10.4 Å². The molecule has 132 valence electrons. The Labute approximate surface area is 151 Å². The van der Waals surface area contributed by atoms with Crippen molar-refractivity contribution in [1.82, 2.24) is 14.8 Å². The fourth-order valence-corrected chi connectivity index (χ4v) is 4.19. The number of hydrogen-bond acceptors (Lipinski definition) is 7. The third kappa shape index (κ3) is 4.81. The van der Waals surface area contributed by atoms with Gasteiger partial charge in [0.2, 0.25) is 5.13 Å². The summed E-state index contributed by atoms with van der Waals surface area (Å²) in [6.45, 7) is 8.46. The highest BCUT2D eigenvalue weighted by Crippen LogP contribution is 2.27. The van der Waals surface area contributed by atoms with E-state index in [-0.39, 0.29) is 5.78 Å². The number of nitrogens with zero attached hydrogens (tertiary/aromatic N) is 3. The highest BCUT2D eigenvalue weighted by molar-refractivity contribution is 8.01. The quantitative estimate of drug-likeness (QED) is 0.394. The van der Waals surface area contributed by atoms with E-state index < -0.39 is 0 Å². The molecule has 2 aromatic rings. The first-order chi connectivity index (χ1) is 11.6. The molecule has 6 nitrogen and oxygen atoms in total. The van der Waals surface area contributed by atoms with Crippen molar-refractivity contribution < 1.29 is 9.53 Å². The van der Waals surface area contributed by atoms with E-state index in [9.17, 15) is 4.79 Å². The van der Waals surface area contributed by atoms with Gasteiger partial charge in [-0.25, -0.2) is 0 Å². The molecule has 2 aromatic heterocycles. The number of aromatic nitrogens is 3. The predicted octanol–water partition coefficient (Wildman–Crippen LogP) is 3.40. The van der Waals surface area contributed by atoms with Crippen molar-refractivity contribution in [1.29, 1.82) is 0 Å². The third-order valence-electron chi connectivity index (χ3n) is 3.67. The number of ether oxygens (including phenoxy) is 1. The van der Waals surface area contributed by atoms with Crippen molar-refractivity contribution >= 4 is 34.0 Å². The average molecular weight is 369 g/mol. The zero-order chi connectivity index (χ0) is 17.5. The molecule has 0 spiro atoms. The second-order valence-corrected chi connectivity index (χ2v) is 7.60. The van der Waals surface area contributed by atoms with E-state index in [1.54, 1.807) is 7.11 Å². The molecule has 8 heteroatoms. The number of anilines is 1. The molecule has 1 N–H and O–H groups in total. The molecule has 0 saturated heterocycles. The minimum Gasteiger partial charge on any atom is -0.385 e. The highest BCUT2D eigenvalue weighted by atomic mass is 32.2. The molecule has 0 aliphatic carbocycles. The number of hydrogen-bond donors (Lipinski definition) is 1. The van der Waals surface area contributed by atoms with Gasteiger partial charge < -0.3 is 14.6 Å². The lowest BCUT2D eigenvalue weighted by molar-refractivity contribution is 0.102. The van der Waals surface area contributed by atoms with E-state index in [0.29, 0.717) is 5.75 Å². The number of ketones is 1. The molecule has 0 aromatic carbocycles. The van der Waals surface area contributed by atoms with Gasteiger partial charge in [-0.15, -0.1) is 10.2 Å². The summed E-state index contributed by atoms with van der Waals surface area (Å²) in [6, 6.07) is 1.98. The van der Waals surface area contributed by atoms with Crippen LogP contribution in [0, 0.1) is 13.8 Å². The van der Waals surface area contributed by atoms with Crippen molar-refractivity contribution in [3.63, 3.8) is 0 Å². The van der Waals surface area contributed by atoms with Gasteiger partial charge in [-0.1, -0.05) is 23.1 Å².